The third kappa shape index (κ3) is 4.48. The van der Waals surface area contributed by atoms with E-state index in [1.807, 2.05) is 84.9 Å². The number of benzene rings is 3. The Hall–Kier alpha value is -4.22. The molecule has 3 N–H and O–H groups in total. The Morgan fingerprint density at radius 3 is 2.45 bits per heavy atom. The van der Waals surface area contributed by atoms with Crippen LogP contribution in [0.5, 0.6) is 0 Å². The number of nitrogens with one attached hydrogen (secondary N) is 2. The van der Waals surface area contributed by atoms with Crippen LogP contribution in [-0.2, 0) is 27.6 Å². The molecule has 10 nitrogen and oxygen atoms in total. The first-order valence-corrected chi connectivity index (χ1v) is 15.9. The van der Waals surface area contributed by atoms with E-state index in [1.165, 1.54) is 0 Å². The quantitative estimate of drug-likeness (QED) is 0.266. The van der Waals surface area contributed by atoms with E-state index in [9.17, 15) is 19.5 Å². The highest BCUT2D eigenvalue weighted by atomic mass is 32.2. The van der Waals surface area contributed by atoms with Crippen LogP contribution in [0.2, 0.25) is 0 Å². The monoisotopic (exact) mass is 610 g/mol. The van der Waals surface area contributed by atoms with E-state index in [-0.39, 0.29) is 42.2 Å². The Balaban J connectivity index is 1.24. The molecule has 44 heavy (non-hydrogen) atoms. The first kappa shape index (κ1) is 28.5. The van der Waals surface area contributed by atoms with Gasteiger partial charge in [-0.15, -0.1) is 16.9 Å². The van der Waals surface area contributed by atoms with Crippen LogP contribution in [0.15, 0.2) is 84.9 Å². The van der Waals surface area contributed by atoms with Gasteiger partial charge in [0.05, 0.1) is 34.7 Å². The number of carbonyl (C=O) groups excluding carboxylic acids is 3. The summed E-state index contributed by atoms with van der Waals surface area (Å²) in [5, 5.41) is 25.1. The van der Waals surface area contributed by atoms with Crippen molar-refractivity contribution in [3.8, 4) is 0 Å². The molecule has 0 radical (unpaired) electrons. The number of para-hydroxylation sites is 1. The Morgan fingerprint density at radius 1 is 1.00 bits per heavy atom. The van der Waals surface area contributed by atoms with Crippen molar-refractivity contribution >= 4 is 40.5 Å². The normalized spacial score (nSPS) is 27.8. The molecule has 1 spiro atoms. The first-order chi connectivity index (χ1) is 21.4. The smallest absolute Gasteiger partial charge is 0.245 e. The Bertz CT molecular complexity index is 1700. The zero-order chi connectivity index (χ0) is 30.4. The predicted molar refractivity (Wildman–Crippen MR) is 166 cm³/mol. The van der Waals surface area contributed by atoms with Crippen molar-refractivity contribution < 1.29 is 19.5 Å². The van der Waals surface area contributed by atoms with E-state index in [1.54, 1.807) is 21.3 Å². The molecule has 11 heteroatoms. The van der Waals surface area contributed by atoms with Crippen LogP contribution in [0.4, 0.5) is 0 Å². The summed E-state index contributed by atoms with van der Waals surface area (Å²) in [6.07, 6.45) is 0.721. The summed E-state index contributed by atoms with van der Waals surface area (Å²) in [7, 11) is 0. The van der Waals surface area contributed by atoms with Gasteiger partial charge in [-0.25, -0.2) is 4.68 Å². The maximum Gasteiger partial charge on any atom is 0.245 e. The molecule has 4 heterocycles. The van der Waals surface area contributed by atoms with Gasteiger partial charge < -0.3 is 20.6 Å². The van der Waals surface area contributed by atoms with Crippen LogP contribution in [0.25, 0.3) is 11.0 Å². The molecule has 3 aromatic carbocycles. The molecule has 2 bridgehead atoms. The van der Waals surface area contributed by atoms with Gasteiger partial charge in [0.25, 0.3) is 0 Å². The number of carbonyl (C=O) groups is 3. The second-order valence-corrected chi connectivity index (χ2v) is 13.4. The lowest BCUT2D eigenvalue weighted by Gasteiger charge is -2.40. The van der Waals surface area contributed by atoms with Crippen molar-refractivity contribution in [2.45, 2.75) is 48.6 Å². The molecule has 226 valence electrons. The lowest BCUT2D eigenvalue weighted by atomic mass is 9.66. The van der Waals surface area contributed by atoms with Gasteiger partial charge in [-0.3, -0.25) is 14.4 Å². The number of hydrogen-bond acceptors (Lipinski definition) is 7. The molecular weight excluding hydrogens is 576 g/mol. The first-order valence-electron chi connectivity index (χ1n) is 15.0. The van der Waals surface area contributed by atoms with Crippen LogP contribution in [0.3, 0.4) is 0 Å². The molecule has 3 fully saturated rings. The third-order valence-corrected chi connectivity index (χ3v) is 11.6. The molecule has 3 aliphatic rings. The molecule has 3 amide bonds. The zero-order valence-electron chi connectivity index (χ0n) is 24.2. The maximum absolute atomic E-state index is 14.6. The van der Waals surface area contributed by atoms with Crippen molar-refractivity contribution in [2.24, 2.45) is 17.8 Å². The van der Waals surface area contributed by atoms with Gasteiger partial charge in [-0.2, -0.15) is 0 Å². The molecule has 1 aromatic heterocycles. The summed E-state index contributed by atoms with van der Waals surface area (Å²) in [6, 6.07) is 24.8. The second kappa shape index (κ2) is 11.4. The number of fused-ring (bicyclic) bond motifs is 2. The minimum atomic E-state index is -0.899. The maximum atomic E-state index is 14.6. The zero-order valence-corrected chi connectivity index (χ0v) is 25.1. The number of aliphatic hydroxyl groups is 1. The Morgan fingerprint density at radius 2 is 1.70 bits per heavy atom. The molecule has 7 atom stereocenters. The highest BCUT2D eigenvalue weighted by Gasteiger charge is 2.76. The lowest BCUT2D eigenvalue weighted by Crippen LogP contribution is -2.57. The number of likely N-dealkylation sites (tertiary alicyclic amines) is 1. The lowest BCUT2D eigenvalue weighted by molar-refractivity contribution is -0.143. The van der Waals surface area contributed by atoms with E-state index in [4.69, 9.17) is 0 Å². The molecule has 4 aromatic rings. The Labute approximate surface area is 259 Å². The fraction of sp³-hybridized carbons (Fsp3) is 0.364. The average molecular weight is 611 g/mol. The molecule has 0 aliphatic carbocycles. The summed E-state index contributed by atoms with van der Waals surface area (Å²) < 4.78 is 0.792. The standard InChI is InChI=1S/C33H34N6O4S/c1-20-16-26-27(30(41)34-17-21-10-4-2-5-11-21)28-32(43)39(25(18-40)22-12-6-3-7-13-22)29(33(20,28)44-26)31(42)35-19-38-24-15-9-8-14-23(24)36-37-38/h2-15,20,25-29,40H,16-19H2,1H3,(H,34,41)(H,35,42)/t20?,25-,26+,27-,28+,29?,33?/m1/s1. The van der Waals surface area contributed by atoms with Crippen molar-refractivity contribution in [1.29, 1.82) is 0 Å². The van der Waals surface area contributed by atoms with Gasteiger partial charge >= 0.3 is 0 Å². The van der Waals surface area contributed by atoms with Crippen molar-refractivity contribution in [3.05, 3.63) is 96.1 Å². The minimum Gasteiger partial charge on any atom is -0.394 e. The molecule has 0 saturated carbocycles. The fourth-order valence-electron chi connectivity index (χ4n) is 7.61. The van der Waals surface area contributed by atoms with E-state index in [2.05, 4.69) is 27.9 Å². The number of nitrogens with zero attached hydrogens (tertiary/aromatic N) is 4. The van der Waals surface area contributed by atoms with E-state index in [0.717, 1.165) is 23.1 Å². The minimum absolute atomic E-state index is 0.00677. The highest BCUT2D eigenvalue weighted by molar-refractivity contribution is 8.02. The number of hydrogen-bond donors (Lipinski definition) is 3. The summed E-state index contributed by atoms with van der Waals surface area (Å²) in [5.41, 5.74) is 3.20. The van der Waals surface area contributed by atoms with Crippen LogP contribution in [0.1, 0.15) is 30.5 Å². The van der Waals surface area contributed by atoms with Crippen LogP contribution < -0.4 is 10.6 Å². The largest absolute Gasteiger partial charge is 0.394 e. The summed E-state index contributed by atoms with van der Waals surface area (Å²) in [6.45, 7) is 2.15. The van der Waals surface area contributed by atoms with Gasteiger partial charge in [-0.1, -0.05) is 84.9 Å². The van der Waals surface area contributed by atoms with Gasteiger partial charge in [0, 0.05) is 11.8 Å². The molecular formula is C33H34N6O4S. The van der Waals surface area contributed by atoms with Crippen LogP contribution >= 0.6 is 11.8 Å². The molecule has 3 aliphatic heterocycles. The highest BCUT2D eigenvalue weighted by Crippen LogP contribution is 2.69. The summed E-state index contributed by atoms with van der Waals surface area (Å²) >= 11 is 1.61. The van der Waals surface area contributed by atoms with Gasteiger partial charge in [0.1, 0.15) is 18.2 Å². The molecule has 7 rings (SSSR count). The van der Waals surface area contributed by atoms with Gasteiger partial charge in [-0.05, 0) is 35.6 Å². The number of aliphatic hydroxyl groups excluding tert-OH is 1. The molecule has 3 unspecified atom stereocenters. The van der Waals surface area contributed by atoms with E-state index in [0.29, 0.717) is 12.1 Å². The fourth-order valence-corrected chi connectivity index (χ4v) is 10.0. The van der Waals surface area contributed by atoms with Crippen molar-refractivity contribution in [3.63, 3.8) is 0 Å². The number of thioether (sulfide) groups is 1. The van der Waals surface area contributed by atoms with Crippen LogP contribution in [0, 0.1) is 17.8 Å². The topological polar surface area (TPSA) is 129 Å². The summed E-state index contributed by atoms with van der Waals surface area (Å²) in [4.78, 5) is 44.4. The van der Waals surface area contributed by atoms with Crippen molar-refractivity contribution in [1.82, 2.24) is 30.5 Å². The molecule has 3 saturated heterocycles. The van der Waals surface area contributed by atoms with Gasteiger partial charge in [0.15, 0.2) is 0 Å². The van der Waals surface area contributed by atoms with Crippen LogP contribution in [-0.4, -0.2) is 65.4 Å². The summed E-state index contributed by atoms with van der Waals surface area (Å²) in [5.74, 6) is -2.05. The predicted octanol–water partition coefficient (Wildman–Crippen LogP) is 2.89. The second-order valence-electron chi connectivity index (χ2n) is 11.9. The average Bonchev–Trinajstić information content (AvgIpc) is 3.78. The number of aromatic nitrogens is 3. The number of rotatable bonds is 9. The SMILES string of the molecule is CC1C[C@@H]2SC13C(C(=O)NCn1nnc4ccccc41)N([C@H](CO)c1ccccc1)C(=O)[C@@H]3[C@@H]2C(=O)NCc1ccccc1. The van der Waals surface area contributed by atoms with Crippen molar-refractivity contribution in [2.75, 3.05) is 6.61 Å². The van der Waals surface area contributed by atoms with Gasteiger partial charge in [0.2, 0.25) is 17.7 Å². The van der Waals surface area contributed by atoms with E-state index < -0.39 is 28.7 Å². The van der Waals surface area contributed by atoms with E-state index >= 15 is 0 Å². The number of amides is 3. The third-order valence-electron chi connectivity index (χ3n) is 9.56. The Kier molecular flexibility index (Phi) is 7.37.